The van der Waals surface area contributed by atoms with Crippen LogP contribution < -0.4 is 0 Å². The molecule has 2 unspecified atom stereocenters. The van der Waals surface area contributed by atoms with Gasteiger partial charge in [-0.1, -0.05) is 6.92 Å². The van der Waals surface area contributed by atoms with Crippen LogP contribution in [0.2, 0.25) is 0 Å². The number of hydrogen-bond acceptors (Lipinski definition) is 4. The molecule has 0 bridgehead atoms. The van der Waals surface area contributed by atoms with Crippen LogP contribution in [0.25, 0.3) is 0 Å². The molecule has 0 radical (unpaired) electrons. The molecule has 1 saturated heterocycles. The fourth-order valence-corrected chi connectivity index (χ4v) is 3.27. The zero-order valence-electron chi connectivity index (χ0n) is 11.2. The standard InChI is InChI=1S/C13H20N4O2/c1-9-5-7-16(12(9)13(18)19)8-11-15-14-10-4-2-3-6-17(10)11/h9,12H,2-8H2,1H3,(H,18,19). The van der Waals surface area contributed by atoms with E-state index in [-0.39, 0.29) is 12.0 Å². The number of carbonyl (C=O) groups is 1. The number of carboxylic acid groups (broad SMARTS) is 1. The van der Waals surface area contributed by atoms with Gasteiger partial charge in [-0.2, -0.15) is 0 Å². The number of rotatable bonds is 3. The quantitative estimate of drug-likeness (QED) is 0.878. The highest BCUT2D eigenvalue weighted by Gasteiger charge is 2.37. The minimum atomic E-state index is -0.719. The molecule has 2 aliphatic rings. The topological polar surface area (TPSA) is 71.2 Å². The summed E-state index contributed by atoms with van der Waals surface area (Å²) < 4.78 is 2.17. The summed E-state index contributed by atoms with van der Waals surface area (Å²) in [6.45, 7) is 4.42. The van der Waals surface area contributed by atoms with Gasteiger partial charge in [0.05, 0.1) is 6.54 Å². The van der Waals surface area contributed by atoms with Crippen LogP contribution in [0.3, 0.4) is 0 Å². The highest BCUT2D eigenvalue weighted by molar-refractivity contribution is 5.74. The second-order valence-corrected chi connectivity index (χ2v) is 5.66. The Kier molecular flexibility index (Phi) is 3.26. The Hall–Kier alpha value is -1.43. The van der Waals surface area contributed by atoms with Crippen molar-refractivity contribution >= 4 is 5.97 Å². The molecule has 2 atom stereocenters. The first-order valence-corrected chi connectivity index (χ1v) is 7.04. The Labute approximate surface area is 112 Å². The van der Waals surface area contributed by atoms with Gasteiger partial charge in [0.15, 0.2) is 0 Å². The third-order valence-corrected chi connectivity index (χ3v) is 4.34. The van der Waals surface area contributed by atoms with Gasteiger partial charge >= 0.3 is 5.97 Å². The van der Waals surface area contributed by atoms with Crippen molar-refractivity contribution in [1.29, 1.82) is 0 Å². The van der Waals surface area contributed by atoms with Crippen molar-refractivity contribution in [3.05, 3.63) is 11.6 Å². The lowest BCUT2D eigenvalue weighted by Crippen LogP contribution is -2.39. The van der Waals surface area contributed by atoms with Gasteiger partial charge in [0.2, 0.25) is 0 Å². The van der Waals surface area contributed by atoms with Crippen molar-refractivity contribution in [3.8, 4) is 0 Å². The summed E-state index contributed by atoms with van der Waals surface area (Å²) in [5.41, 5.74) is 0. The highest BCUT2D eigenvalue weighted by atomic mass is 16.4. The number of nitrogens with zero attached hydrogens (tertiary/aromatic N) is 4. The maximum Gasteiger partial charge on any atom is 0.321 e. The highest BCUT2D eigenvalue weighted by Crippen LogP contribution is 2.26. The molecular formula is C13H20N4O2. The van der Waals surface area contributed by atoms with Crippen LogP contribution in [0.5, 0.6) is 0 Å². The van der Waals surface area contributed by atoms with E-state index < -0.39 is 5.97 Å². The Balaban J connectivity index is 1.78. The lowest BCUT2D eigenvalue weighted by atomic mass is 10.0. The Bertz CT molecular complexity index is 485. The number of aliphatic carboxylic acids is 1. The van der Waals surface area contributed by atoms with Crippen LogP contribution in [-0.4, -0.2) is 43.3 Å². The molecule has 19 heavy (non-hydrogen) atoms. The first-order chi connectivity index (χ1) is 9.16. The van der Waals surface area contributed by atoms with Crippen LogP contribution in [0.4, 0.5) is 0 Å². The molecule has 104 valence electrons. The van der Waals surface area contributed by atoms with E-state index in [9.17, 15) is 9.90 Å². The lowest BCUT2D eigenvalue weighted by Gasteiger charge is -2.23. The second-order valence-electron chi connectivity index (χ2n) is 5.66. The minimum Gasteiger partial charge on any atom is -0.480 e. The molecule has 0 spiro atoms. The average Bonchev–Trinajstić information content (AvgIpc) is 2.95. The summed E-state index contributed by atoms with van der Waals surface area (Å²) in [7, 11) is 0. The number of carboxylic acids is 1. The summed E-state index contributed by atoms with van der Waals surface area (Å²) in [4.78, 5) is 13.4. The molecule has 0 amide bonds. The first kappa shape index (κ1) is 12.6. The first-order valence-electron chi connectivity index (χ1n) is 7.04. The van der Waals surface area contributed by atoms with Gasteiger partial charge in [0.25, 0.3) is 0 Å². The maximum atomic E-state index is 11.4. The summed E-state index contributed by atoms with van der Waals surface area (Å²) >= 11 is 0. The Morgan fingerprint density at radius 2 is 2.21 bits per heavy atom. The predicted octanol–water partition coefficient (Wildman–Crippen LogP) is 0.909. The van der Waals surface area contributed by atoms with E-state index in [0.717, 1.165) is 44.0 Å². The molecule has 1 fully saturated rings. The Morgan fingerprint density at radius 1 is 1.37 bits per heavy atom. The molecule has 0 aliphatic carbocycles. The van der Waals surface area contributed by atoms with Crippen molar-refractivity contribution in [2.75, 3.05) is 6.54 Å². The van der Waals surface area contributed by atoms with Crippen LogP contribution in [0, 0.1) is 5.92 Å². The largest absolute Gasteiger partial charge is 0.480 e. The molecule has 0 saturated carbocycles. The van der Waals surface area contributed by atoms with Crippen molar-refractivity contribution in [3.63, 3.8) is 0 Å². The summed E-state index contributed by atoms with van der Waals surface area (Å²) in [5, 5.41) is 17.8. The third kappa shape index (κ3) is 2.25. The molecule has 2 aliphatic heterocycles. The SMILES string of the molecule is CC1CCN(Cc2nnc3n2CCCC3)C1C(=O)O. The van der Waals surface area contributed by atoms with Crippen molar-refractivity contribution < 1.29 is 9.90 Å². The monoisotopic (exact) mass is 264 g/mol. The predicted molar refractivity (Wildman–Crippen MR) is 68.6 cm³/mol. The normalized spacial score (nSPS) is 27.4. The van der Waals surface area contributed by atoms with E-state index in [0.29, 0.717) is 6.54 Å². The van der Waals surface area contributed by atoms with Crippen molar-refractivity contribution in [1.82, 2.24) is 19.7 Å². The van der Waals surface area contributed by atoms with E-state index in [2.05, 4.69) is 14.8 Å². The fourth-order valence-electron chi connectivity index (χ4n) is 3.27. The Morgan fingerprint density at radius 3 is 3.00 bits per heavy atom. The second kappa shape index (κ2) is 4.92. The van der Waals surface area contributed by atoms with Crippen LogP contribution in [-0.2, 0) is 24.3 Å². The van der Waals surface area contributed by atoms with Crippen LogP contribution in [0.15, 0.2) is 0 Å². The summed E-state index contributed by atoms with van der Waals surface area (Å²) in [6, 6.07) is -0.378. The van der Waals surface area contributed by atoms with Gasteiger partial charge in [-0.15, -0.1) is 10.2 Å². The molecule has 1 aromatic rings. The smallest absolute Gasteiger partial charge is 0.321 e. The molecule has 3 rings (SSSR count). The van der Waals surface area contributed by atoms with Gasteiger partial charge in [-0.05, 0) is 31.7 Å². The van der Waals surface area contributed by atoms with Gasteiger partial charge in [0, 0.05) is 13.0 Å². The van der Waals surface area contributed by atoms with E-state index in [1.807, 2.05) is 11.8 Å². The summed E-state index contributed by atoms with van der Waals surface area (Å²) in [5.74, 6) is 1.47. The van der Waals surface area contributed by atoms with Gasteiger partial charge < -0.3 is 9.67 Å². The molecule has 1 N–H and O–H groups in total. The van der Waals surface area contributed by atoms with Gasteiger partial charge in [-0.25, -0.2) is 0 Å². The van der Waals surface area contributed by atoms with E-state index >= 15 is 0 Å². The third-order valence-electron chi connectivity index (χ3n) is 4.34. The zero-order chi connectivity index (χ0) is 13.4. The minimum absolute atomic E-state index is 0.209. The lowest BCUT2D eigenvalue weighted by molar-refractivity contribution is -0.143. The average molecular weight is 264 g/mol. The molecule has 0 aromatic carbocycles. The fraction of sp³-hybridized carbons (Fsp3) is 0.769. The molecule has 3 heterocycles. The zero-order valence-corrected chi connectivity index (χ0v) is 11.2. The molecular weight excluding hydrogens is 244 g/mol. The van der Waals surface area contributed by atoms with E-state index in [4.69, 9.17) is 0 Å². The van der Waals surface area contributed by atoms with Crippen LogP contribution >= 0.6 is 0 Å². The maximum absolute atomic E-state index is 11.4. The van der Waals surface area contributed by atoms with E-state index in [1.165, 1.54) is 6.42 Å². The number of likely N-dealkylation sites (tertiary alicyclic amines) is 1. The van der Waals surface area contributed by atoms with Gasteiger partial charge in [-0.3, -0.25) is 9.69 Å². The molecule has 6 heteroatoms. The summed E-state index contributed by atoms with van der Waals surface area (Å²) in [6.07, 6.45) is 4.27. The number of fused-ring (bicyclic) bond motifs is 1. The van der Waals surface area contributed by atoms with E-state index in [1.54, 1.807) is 0 Å². The van der Waals surface area contributed by atoms with Crippen LogP contribution in [0.1, 0.15) is 37.8 Å². The molecule has 6 nitrogen and oxygen atoms in total. The molecule has 1 aromatic heterocycles. The van der Waals surface area contributed by atoms with Gasteiger partial charge in [0.1, 0.15) is 17.7 Å². The number of aromatic nitrogens is 3. The number of aryl methyl sites for hydroxylation is 1. The number of hydrogen-bond donors (Lipinski definition) is 1. The van der Waals surface area contributed by atoms with Crippen molar-refractivity contribution in [2.24, 2.45) is 5.92 Å². The van der Waals surface area contributed by atoms with Crippen molar-refractivity contribution in [2.45, 2.75) is 51.7 Å².